The molecule has 0 saturated carbocycles. The fourth-order valence-electron chi connectivity index (χ4n) is 1.44. The van der Waals surface area contributed by atoms with E-state index in [0.29, 0.717) is 0 Å². The van der Waals surface area contributed by atoms with Crippen molar-refractivity contribution in [1.82, 2.24) is 0 Å². The number of hydrogen-bond donors (Lipinski definition) is 3. The molecule has 1 atom stereocenters. The van der Waals surface area contributed by atoms with Crippen LogP contribution < -0.4 is 51.4 Å². The molecule has 0 heterocycles. The minimum absolute atomic E-state index is 0. The molecule has 0 aliphatic carbocycles. The average Bonchev–Trinajstić information content (AvgIpc) is 2.35. The summed E-state index contributed by atoms with van der Waals surface area (Å²) in [6.45, 7) is 6.05. The van der Waals surface area contributed by atoms with Crippen LogP contribution in [-0.2, 0) is 19.7 Å². The fourth-order valence-corrected chi connectivity index (χ4v) is 2.04. The van der Waals surface area contributed by atoms with Gasteiger partial charge in [-0.25, -0.2) is 0 Å². The predicted molar refractivity (Wildman–Crippen MR) is 78.6 cm³/mol. The molecule has 0 aliphatic heterocycles. The molecular formula is C13H25KO7S. The van der Waals surface area contributed by atoms with Gasteiger partial charge in [-0.05, 0) is 0 Å². The van der Waals surface area contributed by atoms with Crippen LogP contribution in [0.4, 0.5) is 0 Å². The third-order valence-electron chi connectivity index (χ3n) is 2.60. The molecule has 0 rings (SSSR count). The third-order valence-corrected chi connectivity index (χ3v) is 3.69. The third kappa shape index (κ3) is 18.5. The normalized spacial score (nSPS) is 11.6. The van der Waals surface area contributed by atoms with Gasteiger partial charge in [-0.3, -0.25) is 14.1 Å². The van der Waals surface area contributed by atoms with E-state index >= 15 is 0 Å². The van der Waals surface area contributed by atoms with Crippen LogP contribution in [0.25, 0.3) is 0 Å². The summed E-state index contributed by atoms with van der Waals surface area (Å²) in [5, 5.41) is 13.9. The summed E-state index contributed by atoms with van der Waals surface area (Å²) in [5.74, 6) is -3.50. The van der Waals surface area contributed by atoms with E-state index in [2.05, 4.69) is 13.8 Å². The van der Waals surface area contributed by atoms with Gasteiger partial charge in [0, 0.05) is 0 Å². The molecule has 0 radical (unpaired) electrons. The number of hydrogen-bond acceptors (Lipinski definition) is 4. The summed E-state index contributed by atoms with van der Waals surface area (Å²) >= 11 is 0. The molecule has 0 fully saturated rings. The van der Waals surface area contributed by atoms with Gasteiger partial charge in [-0.1, -0.05) is 45.4 Å². The van der Waals surface area contributed by atoms with Gasteiger partial charge in [-0.15, -0.1) is 0 Å². The number of aliphatic carboxylic acids is 2. The number of unbranched alkanes of at least 4 members (excludes halogenated alkanes) is 6. The van der Waals surface area contributed by atoms with Crippen LogP contribution in [0.15, 0.2) is 0 Å². The Labute approximate surface area is 175 Å². The van der Waals surface area contributed by atoms with Crippen LogP contribution >= 0.6 is 0 Å². The Bertz CT molecular complexity index is 389. The average molecular weight is 365 g/mol. The first-order valence-electron chi connectivity index (χ1n) is 6.86. The second-order valence-corrected chi connectivity index (χ2v) is 6.16. The van der Waals surface area contributed by atoms with Crippen molar-refractivity contribution in [3.05, 3.63) is 6.92 Å². The molecule has 0 aliphatic rings. The summed E-state index contributed by atoms with van der Waals surface area (Å²) in [7, 11) is -4.84. The molecule has 0 aromatic rings. The van der Waals surface area contributed by atoms with Crippen molar-refractivity contribution in [3.8, 4) is 0 Å². The summed E-state index contributed by atoms with van der Waals surface area (Å²) in [4.78, 5) is 20.0. The van der Waals surface area contributed by atoms with Gasteiger partial charge in [0.05, 0.1) is 6.42 Å². The van der Waals surface area contributed by atoms with E-state index in [-0.39, 0.29) is 51.4 Å². The fraction of sp³-hybridized carbons (Fsp3) is 0.769. The van der Waals surface area contributed by atoms with Crippen LogP contribution in [-0.4, -0.2) is 40.4 Å². The van der Waals surface area contributed by atoms with E-state index in [1.807, 2.05) is 0 Å². The van der Waals surface area contributed by atoms with Gasteiger partial charge in [0.15, 0.2) is 5.25 Å². The van der Waals surface area contributed by atoms with Gasteiger partial charge in [0.2, 0.25) is 0 Å². The van der Waals surface area contributed by atoms with Crippen LogP contribution in [0.2, 0.25) is 0 Å². The maximum atomic E-state index is 10.2. The second kappa shape index (κ2) is 16.3. The van der Waals surface area contributed by atoms with Crippen molar-refractivity contribution < 1.29 is 84.2 Å². The largest absolute Gasteiger partial charge is 1.00 e. The molecule has 22 heavy (non-hydrogen) atoms. The van der Waals surface area contributed by atoms with Crippen molar-refractivity contribution in [2.24, 2.45) is 0 Å². The molecule has 126 valence electrons. The molecular weight excluding hydrogens is 339 g/mol. The molecule has 7 nitrogen and oxygen atoms in total. The first-order chi connectivity index (χ1) is 9.66. The molecule has 0 amide bonds. The monoisotopic (exact) mass is 364 g/mol. The van der Waals surface area contributed by atoms with Crippen LogP contribution in [0.5, 0.6) is 0 Å². The van der Waals surface area contributed by atoms with E-state index in [1.54, 1.807) is 0 Å². The Kier molecular flexibility index (Phi) is 20.3. The van der Waals surface area contributed by atoms with Gasteiger partial charge in [-0.2, -0.15) is 14.8 Å². The zero-order valence-electron chi connectivity index (χ0n) is 13.3. The second-order valence-electron chi connectivity index (χ2n) is 4.56. The molecule has 0 aromatic heterocycles. The van der Waals surface area contributed by atoms with E-state index in [9.17, 15) is 18.0 Å². The Hall–Kier alpha value is 0.486. The van der Waals surface area contributed by atoms with Crippen molar-refractivity contribution in [1.29, 1.82) is 0 Å². The van der Waals surface area contributed by atoms with Crippen LogP contribution in [0.1, 0.15) is 58.3 Å². The van der Waals surface area contributed by atoms with Crippen molar-refractivity contribution in [2.75, 3.05) is 0 Å². The molecule has 1 unspecified atom stereocenters. The Morgan fingerprint density at radius 1 is 1.05 bits per heavy atom. The van der Waals surface area contributed by atoms with Crippen molar-refractivity contribution in [2.45, 2.75) is 63.5 Å². The van der Waals surface area contributed by atoms with E-state index in [0.717, 1.165) is 6.42 Å². The standard InChI is InChI=1S/C9H19.C4H6O7S.K/c1-3-5-7-9-8-6-4-2;5-3(6)1-2(4(7)8)12(9,10)11;/h1,3-9H2,2H3;2H,1H2,(H,5,6)(H,7,8)(H,9,10,11);/q-1;;+1. The van der Waals surface area contributed by atoms with E-state index < -0.39 is 33.7 Å². The molecule has 9 heteroatoms. The zero-order valence-corrected chi connectivity index (χ0v) is 17.3. The van der Waals surface area contributed by atoms with E-state index in [1.165, 1.54) is 38.5 Å². The maximum Gasteiger partial charge on any atom is 1.00 e. The molecule has 3 N–H and O–H groups in total. The number of carboxylic acid groups (broad SMARTS) is 2. The Morgan fingerprint density at radius 3 is 1.77 bits per heavy atom. The van der Waals surface area contributed by atoms with Crippen LogP contribution in [0.3, 0.4) is 0 Å². The van der Waals surface area contributed by atoms with Gasteiger partial charge in [0.25, 0.3) is 10.1 Å². The maximum absolute atomic E-state index is 10.2. The van der Waals surface area contributed by atoms with Gasteiger partial charge < -0.3 is 17.1 Å². The molecule has 0 saturated heterocycles. The first-order valence-corrected chi connectivity index (χ1v) is 8.37. The topological polar surface area (TPSA) is 129 Å². The van der Waals surface area contributed by atoms with Crippen molar-refractivity contribution in [3.63, 3.8) is 0 Å². The quantitative estimate of drug-likeness (QED) is 0.204. The predicted octanol–water partition coefficient (Wildman–Crippen LogP) is -0.623. The number of carboxylic acids is 2. The van der Waals surface area contributed by atoms with Crippen molar-refractivity contribution >= 4 is 22.1 Å². The molecule has 0 bridgehead atoms. The zero-order chi connectivity index (χ0) is 16.9. The minimum atomic E-state index is -4.84. The Morgan fingerprint density at radius 2 is 1.50 bits per heavy atom. The summed E-state index contributed by atoms with van der Waals surface area (Å²) in [6.07, 6.45) is 8.29. The Balaban J connectivity index is -0.000000326. The summed E-state index contributed by atoms with van der Waals surface area (Å²) in [5.41, 5.74) is 0. The van der Waals surface area contributed by atoms with Crippen LogP contribution in [0, 0.1) is 6.92 Å². The molecule has 0 aromatic carbocycles. The van der Waals surface area contributed by atoms with Gasteiger partial charge in [0.1, 0.15) is 0 Å². The number of carbonyl (C=O) groups is 2. The minimum Gasteiger partial charge on any atom is -0.481 e. The SMILES string of the molecule is O=C(O)CC(C(=O)O)S(=O)(=O)O.[CH2-]CCCCCCCC.[K+]. The summed E-state index contributed by atoms with van der Waals surface area (Å²) < 4.78 is 28.7. The first kappa shape index (κ1) is 27.3. The summed E-state index contributed by atoms with van der Waals surface area (Å²) in [6, 6.07) is 0. The smallest absolute Gasteiger partial charge is 0.481 e. The van der Waals surface area contributed by atoms with Gasteiger partial charge >= 0.3 is 63.3 Å². The molecule has 0 spiro atoms. The number of rotatable bonds is 10. The van der Waals surface area contributed by atoms with E-state index in [4.69, 9.17) is 14.8 Å².